The van der Waals surface area contributed by atoms with Crippen molar-refractivity contribution in [2.75, 3.05) is 7.11 Å². The van der Waals surface area contributed by atoms with E-state index in [0.29, 0.717) is 29.2 Å². The van der Waals surface area contributed by atoms with Crippen LogP contribution in [0, 0.1) is 13.8 Å². The minimum atomic E-state index is -0.996. The van der Waals surface area contributed by atoms with Crippen LogP contribution in [0.3, 0.4) is 0 Å². The number of nitrogens with zero attached hydrogens (tertiary/aromatic N) is 2. The largest absolute Gasteiger partial charge is 0.496 e. The molecule has 21 heavy (non-hydrogen) atoms. The molecule has 2 rings (SSSR count). The summed E-state index contributed by atoms with van der Waals surface area (Å²) in [5.74, 6) is -0.366. The molecule has 0 radical (unpaired) electrons. The van der Waals surface area contributed by atoms with Crippen molar-refractivity contribution in [2.45, 2.75) is 20.4 Å². The van der Waals surface area contributed by atoms with Gasteiger partial charge in [-0.1, -0.05) is 0 Å². The van der Waals surface area contributed by atoms with E-state index >= 15 is 0 Å². The lowest BCUT2D eigenvalue weighted by Gasteiger charge is -2.10. The zero-order chi connectivity index (χ0) is 15.6. The van der Waals surface area contributed by atoms with Gasteiger partial charge in [-0.05, 0) is 32.0 Å². The van der Waals surface area contributed by atoms with Gasteiger partial charge in [-0.3, -0.25) is 9.48 Å². The zero-order valence-corrected chi connectivity index (χ0v) is 12.1. The Hall–Kier alpha value is -2.63. The maximum atomic E-state index is 11.2. The van der Waals surface area contributed by atoms with E-state index in [4.69, 9.17) is 4.74 Å². The summed E-state index contributed by atoms with van der Waals surface area (Å²) in [4.78, 5) is 22.1. The molecule has 6 heteroatoms. The SMILES string of the molecule is COc1ccc(C=O)cc1Cn1nc(C)c(C(=O)O)c1C. The summed E-state index contributed by atoms with van der Waals surface area (Å²) in [6, 6.07) is 5.09. The van der Waals surface area contributed by atoms with Gasteiger partial charge in [0.25, 0.3) is 0 Å². The molecule has 0 spiro atoms. The summed E-state index contributed by atoms with van der Waals surface area (Å²) in [5, 5.41) is 13.4. The number of carbonyl (C=O) groups is 2. The molecule has 0 bridgehead atoms. The van der Waals surface area contributed by atoms with E-state index in [0.717, 1.165) is 11.8 Å². The standard InChI is InChI=1S/C15H16N2O4/c1-9-14(15(19)20)10(2)17(16-9)7-12-6-11(8-18)4-5-13(12)21-3/h4-6,8H,7H2,1-3H3,(H,19,20). The number of methoxy groups -OCH3 is 1. The average molecular weight is 288 g/mol. The van der Waals surface area contributed by atoms with E-state index < -0.39 is 5.97 Å². The maximum absolute atomic E-state index is 11.2. The van der Waals surface area contributed by atoms with Gasteiger partial charge in [-0.2, -0.15) is 5.10 Å². The van der Waals surface area contributed by atoms with Crippen LogP contribution in [-0.4, -0.2) is 34.3 Å². The van der Waals surface area contributed by atoms with Crippen LogP contribution in [0.25, 0.3) is 0 Å². The molecule has 1 N–H and O–H groups in total. The Balaban J connectivity index is 2.45. The number of carboxylic acid groups (broad SMARTS) is 1. The van der Waals surface area contributed by atoms with Crippen molar-refractivity contribution in [1.82, 2.24) is 9.78 Å². The first-order chi connectivity index (χ1) is 9.97. The van der Waals surface area contributed by atoms with Gasteiger partial charge in [0.05, 0.1) is 25.0 Å². The number of hydrogen-bond donors (Lipinski definition) is 1. The van der Waals surface area contributed by atoms with Gasteiger partial charge in [0.1, 0.15) is 17.6 Å². The highest BCUT2D eigenvalue weighted by atomic mass is 16.5. The predicted molar refractivity (Wildman–Crippen MR) is 76.1 cm³/mol. The Labute approximate surface area is 122 Å². The van der Waals surface area contributed by atoms with Crippen molar-refractivity contribution in [3.63, 3.8) is 0 Å². The number of aldehydes is 1. The summed E-state index contributed by atoms with van der Waals surface area (Å²) < 4.78 is 6.87. The molecule has 0 aliphatic carbocycles. The molecular weight excluding hydrogens is 272 g/mol. The number of aromatic carboxylic acids is 1. The van der Waals surface area contributed by atoms with Crippen LogP contribution in [0.5, 0.6) is 5.75 Å². The monoisotopic (exact) mass is 288 g/mol. The Kier molecular flexibility index (Phi) is 4.07. The number of aromatic nitrogens is 2. The third-order valence-electron chi connectivity index (χ3n) is 3.36. The number of aryl methyl sites for hydroxylation is 1. The Morgan fingerprint density at radius 3 is 2.67 bits per heavy atom. The van der Waals surface area contributed by atoms with E-state index in [1.165, 1.54) is 0 Å². The molecule has 0 amide bonds. The smallest absolute Gasteiger partial charge is 0.339 e. The van der Waals surface area contributed by atoms with Gasteiger partial charge in [-0.15, -0.1) is 0 Å². The first-order valence-corrected chi connectivity index (χ1v) is 6.37. The summed E-state index contributed by atoms with van der Waals surface area (Å²) in [7, 11) is 1.54. The van der Waals surface area contributed by atoms with Crippen molar-refractivity contribution in [3.05, 3.63) is 46.3 Å². The maximum Gasteiger partial charge on any atom is 0.339 e. The lowest BCUT2D eigenvalue weighted by atomic mass is 10.1. The first kappa shape index (κ1) is 14.8. The van der Waals surface area contributed by atoms with Crippen LogP contribution in [0.2, 0.25) is 0 Å². The van der Waals surface area contributed by atoms with Crippen LogP contribution in [0.4, 0.5) is 0 Å². The molecule has 110 valence electrons. The molecule has 6 nitrogen and oxygen atoms in total. The number of rotatable bonds is 5. The Morgan fingerprint density at radius 2 is 2.14 bits per heavy atom. The van der Waals surface area contributed by atoms with Gasteiger partial charge in [-0.25, -0.2) is 4.79 Å². The number of ether oxygens (including phenoxy) is 1. The quantitative estimate of drug-likeness (QED) is 0.852. The normalized spacial score (nSPS) is 10.4. The van der Waals surface area contributed by atoms with Crippen LogP contribution < -0.4 is 4.74 Å². The van der Waals surface area contributed by atoms with Crippen LogP contribution in [0.15, 0.2) is 18.2 Å². The second-order valence-corrected chi connectivity index (χ2v) is 4.70. The molecule has 0 saturated heterocycles. The van der Waals surface area contributed by atoms with E-state index in [1.807, 2.05) is 0 Å². The summed E-state index contributed by atoms with van der Waals surface area (Å²) in [6.45, 7) is 3.70. The van der Waals surface area contributed by atoms with E-state index in [-0.39, 0.29) is 5.56 Å². The minimum Gasteiger partial charge on any atom is -0.496 e. The van der Waals surface area contributed by atoms with E-state index in [2.05, 4.69) is 5.10 Å². The molecule has 1 heterocycles. The minimum absolute atomic E-state index is 0.209. The van der Waals surface area contributed by atoms with Crippen molar-refractivity contribution >= 4 is 12.3 Å². The van der Waals surface area contributed by atoms with Gasteiger partial charge in [0.15, 0.2) is 0 Å². The molecule has 0 fully saturated rings. The lowest BCUT2D eigenvalue weighted by Crippen LogP contribution is -2.07. The first-order valence-electron chi connectivity index (χ1n) is 6.37. The van der Waals surface area contributed by atoms with E-state index in [1.54, 1.807) is 43.8 Å². The van der Waals surface area contributed by atoms with Gasteiger partial charge in [0.2, 0.25) is 0 Å². The lowest BCUT2D eigenvalue weighted by molar-refractivity contribution is 0.0695. The molecule has 1 aromatic carbocycles. The third-order valence-corrected chi connectivity index (χ3v) is 3.36. The summed E-state index contributed by atoms with van der Waals surface area (Å²) in [5.41, 5.74) is 2.54. The average Bonchev–Trinajstić information content (AvgIpc) is 2.73. The fourth-order valence-corrected chi connectivity index (χ4v) is 2.32. The summed E-state index contributed by atoms with van der Waals surface area (Å²) in [6.07, 6.45) is 0.757. The highest BCUT2D eigenvalue weighted by Crippen LogP contribution is 2.22. The fraction of sp³-hybridized carbons (Fsp3) is 0.267. The highest BCUT2D eigenvalue weighted by Gasteiger charge is 2.18. The van der Waals surface area contributed by atoms with Crippen LogP contribution >= 0.6 is 0 Å². The molecule has 0 saturated carbocycles. The predicted octanol–water partition coefficient (Wildman–Crippen LogP) is 2.07. The van der Waals surface area contributed by atoms with Crippen molar-refractivity contribution in [3.8, 4) is 5.75 Å². The van der Waals surface area contributed by atoms with Gasteiger partial charge in [0, 0.05) is 11.1 Å². The molecule has 0 aliphatic rings. The number of hydrogen-bond acceptors (Lipinski definition) is 4. The van der Waals surface area contributed by atoms with Gasteiger partial charge < -0.3 is 9.84 Å². The number of carbonyl (C=O) groups excluding carboxylic acids is 1. The highest BCUT2D eigenvalue weighted by molar-refractivity contribution is 5.90. The summed E-state index contributed by atoms with van der Waals surface area (Å²) >= 11 is 0. The van der Waals surface area contributed by atoms with Crippen molar-refractivity contribution in [2.24, 2.45) is 0 Å². The molecule has 0 aliphatic heterocycles. The molecule has 1 aromatic heterocycles. The van der Waals surface area contributed by atoms with Gasteiger partial charge >= 0.3 is 5.97 Å². The molecule has 2 aromatic rings. The zero-order valence-electron chi connectivity index (χ0n) is 12.1. The van der Waals surface area contributed by atoms with Crippen LogP contribution in [0.1, 0.15) is 37.7 Å². The fourth-order valence-electron chi connectivity index (χ4n) is 2.32. The molecular formula is C15H16N2O4. The second kappa shape index (κ2) is 5.78. The second-order valence-electron chi connectivity index (χ2n) is 4.70. The number of carboxylic acids is 1. The molecule has 0 unspecified atom stereocenters. The Bertz CT molecular complexity index is 704. The number of benzene rings is 1. The van der Waals surface area contributed by atoms with Crippen LogP contribution in [-0.2, 0) is 6.54 Å². The molecule has 0 atom stereocenters. The third kappa shape index (κ3) is 2.79. The topological polar surface area (TPSA) is 81.4 Å². The van der Waals surface area contributed by atoms with Crippen molar-refractivity contribution < 1.29 is 19.4 Å². The van der Waals surface area contributed by atoms with E-state index in [9.17, 15) is 14.7 Å². The van der Waals surface area contributed by atoms with Crippen molar-refractivity contribution in [1.29, 1.82) is 0 Å². The Morgan fingerprint density at radius 1 is 1.43 bits per heavy atom.